The van der Waals surface area contributed by atoms with E-state index < -0.39 is 22.8 Å². The van der Waals surface area contributed by atoms with Crippen LogP contribution in [0.5, 0.6) is 5.75 Å². The molecule has 0 amide bonds. The average Bonchev–Trinajstić information content (AvgIpc) is 3.21. The van der Waals surface area contributed by atoms with Crippen molar-refractivity contribution in [3.05, 3.63) is 88.0 Å². The molecule has 0 aliphatic heterocycles. The molecule has 208 valence electrons. The van der Waals surface area contributed by atoms with Crippen molar-refractivity contribution in [2.75, 3.05) is 7.11 Å². The summed E-state index contributed by atoms with van der Waals surface area (Å²) in [6, 6.07) is 13.3. The Morgan fingerprint density at radius 2 is 1.85 bits per heavy atom. The fourth-order valence-corrected chi connectivity index (χ4v) is 8.04. The smallest absolute Gasteiger partial charge is 0.417 e. The lowest BCUT2D eigenvalue weighted by Crippen LogP contribution is -2.51. The van der Waals surface area contributed by atoms with Crippen molar-refractivity contribution in [1.29, 1.82) is 0 Å². The third-order valence-corrected chi connectivity index (χ3v) is 10.0. The summed E-state index contributed by atoms with van der Waals surface area (Å²) in [4.78, 5) is 12.3. The molecule has 4 aliphatic rings. The highest BCUT2D eigenvalue weighted by Crippen LogP contribution is 2.66. The minimum atomic E-state index is -4.52. The Morgan fingerprint density at radius 1 is 1.05 bits per heavy atom. The second kappa shape index (κ2) is 9.66. The van der Waals surface area contributed by atoms with Crippen molar-refractivity contribution in [2.24, 2.45) is 17.3 Å². The zero-order valence-corrected chi connectivity index (χ0v) is 22.8. The molecule has 0 heterocycles. The second-order valence-corrected chi connectivity index (χ2v) is 12.0. The number of benzene rings is 2. The minimum absolute atomic E-state index is 0.0119. The largest absolute Gasteiger partial charge is 0.497 e. The van der Waals surface area contributed by atoms with Gasteiger partial charge in [-0.3, -0.25) is 4.79 Å². The molecule has 2 aromatic rings. The minimum Gasteiger partial charge on any atom is -0.497 e. The van der Waals surface area contributed by atoms with E-state index in [4.69, 9.17) is 4.74 Å². The van der Waals surface area contributed by atoms with Crippen molar-refractivity contribution in [3.63, 3.8) is 0 Å². The number of hydrogen-bond donors (Lipinski definition) is 1. The molecule has 6 rings (SSSR count). The Morgan fingerprint density at radius 3 is 2.62 bits per heavy atom. The van der Waals surface area contributed by atoms with Crippen LogP contribution >= 0.6 is 0 Å². The highest BCUT2D eigenvalue weighted by molar-refractivity contribution is 5.93. The fourth-order valence-electron chi connectivity index (χ4n) is 8.04. The maximum atomic E-state index is 13.7. The number of fused-ring (bicyclic) bond motifs is 4. The molecular weight excluding hydrogens is 513 g/mol. The van der Waals surface area contributed by atoms with Gasteiger partial charge >= 0.3 is 6.18 Å². The Bertz CT molecular complexity index is 1490. The van der Waals surface area contributed by atoms with Gasteiger partial charge in [-0.05, 0) is 97.4 Å². The fraction of sp³-hybridized carbons (Fsp3) is 0.441. The Balaban J connectivity index is 1.47. The molecule has 0 bridgehead atoms. The first-order valence-electron chi connectivity index (χ1n) is 14.1. The molecule has 2 fully saturated rings. The average molecular weight is 547 g/mol. The molecule has 2 aromatic carbocycles. The van der Waals surface area contributed by atoms with Crippen molar-refractivity contribution in [1.82, 2.24) is 0 Å². The number of alkyl halides is 3. The van der Waals surface area contributed by atoms with Gasteiger partial charge in [0.05, 0.1) is 12.7 Å². The van der Waals surface area contributed by atoms with Crippen LogP contribution in [0.3, 0.4) is 0 Å². The standard InChI is InChI=1S/C34H33F3O3/c1-32-20-28(22-7-5-8-25(19-22)40-2)31-26-13-11-24(38)18-23(26)10-12-27(31)30(32)15-17-33(32,39)16-14-21-6-3-4-9-29(21)34(35,36)37/h3-9,18-19,27-28,30,39H,10-13,15,17,20H2,1-2H3/t27-,28+,30-,32-,33-/m0/s1. The van der Waals surface area contributed by atoms with Crippen LogP contribution in [-0.4, -0.2) is 23.6 Å². The van der Waals surface area contributed by atoms with Gasteiger partial charge in [-0.25, -0.2) is 0 Å². The molecule has 40 heavy (non-hydrogen) atoms. The summed E-state index contributed by atoms with van der Waals surface area (Å²) in [6.45, 7) is 2.08. The summed E-state index contributed by atoms with van der Waals surface area (Å²) in [7, 11) is 1.64. The first kappa shape index (κ1) is 26.9. The summed E-state index contributed by atoms with van der Waals surface area (Å²) in [5.41, 5.74) is 1.97. The topological polar surface area (TPSA) is 46.5 Å². The van der Waals surface area contributed by atoms with Crippen molar-refractivity contribution < 1.29 is 27.8 Å². The third kappa shape index (κ3) is 4.30. The number of allylic oxidation sites excluding steroid dienone is 4. The van der Waals surface area contributed by atoms with E-state index in [9.17, 15) is 23.1 Å². The monoisotopic (exact) mass is 546 g/mol. The molecule has 0 radical (unpaired) electrons. The number of hydrogen-bond acceptors (Lipinski definition) is 3. The number of aliphatic hydroxyl groups is 1. The number of rotatable bonds is 2. The van der Waals surface area contributed by atoms with E-state index in [1.165, 1.54) is 23.3 Å². The van der Waals surface area contributed by atoms with Gasteiger partial charge in [-0.2, -0.15) is 13.2 Å². The van der Waals surface area contributed by atoms with Gasteiger partial charge in [0.2, 0.25) is 0 Å². The number of methoxy groups -OCH3 is 1. The van der Waals surface area contributed by atoms with Crippen LogP contribution in [0, 0.1) is 29.1 Å². The Labute approximate surface area is 233 Å². The summed E-state index contributed by atoms with van der Waals surface area (Å²) in [5.74, 6) is 7.03. The van der Waals surface area contributed by atoms with E-state index >= 15 is 0 Å². The molecule has 1 N–H and O–H groups in total. The van der Waals surface area contributed by atoms with Crippen LogP contribution in [0.4, 0.5) is 13.2 Å². The lowest BCUT2D eigenvalue weighted by molar-refractivity contribution is -0.137. The number of ether oxygens (including phenoxy) is 1. The molecule has 0 saturated heterocycles. The highest BCUT2D eigenvalue weighted by Gasteiger charge is 2.62. The summed E-state index contributed by atoms with van der Waals surface area (Å²) in [5, 5.41) is 12.2. The molecular formula is C34H33F3O3. The quantitative estimate of drug-likeness (QED) is 0.400. The van der Waals surface area contributed by atoms with Gasteiger partial charge < -0.3 is 9.84 Å². The maximum Gasteiger partial charge on any atom is 0.417 e. The van der Waals surface area contributed by atoms with Gasteiger partial charge in [-0.1, -0.05) is 48.6 Å². The first-order valence-corrected chi connectivity index (χ1v) is 14.1. The molecule has 6 heteroatoms. The van der Waals surface area contributed by atoms with Crippen LogP contribution < -0.4 is 4.74 Å². The third-order valence-electron chi connectivity index (χ3n) is 10.0. The number of ketones is 1. The SMILES string of the molecule is COc1cccc([C@H]2C[C@@]3(C)[C@@H](CC[C@@]3(O)C#Cc3ccccc3C(F)(F)F)[C@@H]3CCC4=CC(=O)CCC4=C32)c1. The molecule has 5 atom stereocenters. The maximum absolute atomic E-state index is 13.7. The summed E-state index contributed by atoms with van der Waals surface area (Å²) >= 11 is 0. The van der Waals surface area contributed by atoms with E-state index in [0.717, 1.165) is 48.6 Å². The second-order valence-electron chi connectivity index (χ2n) is 12.0. The zero-order chi connectivity index (χ0) is 28.3. The van der Waals surface area contributed by atoms with E-state index in [0.29, 0.717) is 19.3 Å². The van der Waals surface area contributed by atoms with Crippen molar-refractivity contribution in [2.45, 2.75) is 69.6 Å². The van der Waals surface area contributed by atoms with Crippen molar-refractivity contribution in [3.8, 4) is 17.6 Å². The summed E-state index contributed by atoms with van der Waals surface area (Å²) in [6.07, 6.45) is 2.06. The number of halogens is 3. The van der Waals surface area contributed by atoms with Crippen LogP contribution in [-0.2, 0) is 11.0 Å². The lowest BCUT2D eigenvalue weighted by Gasteiger charge is -2.53. The Hall–Kier alpha value is -3.30. The molecule has 3 nitrogen and oxygen atoms in total. The molecule has 0 spiro atoms. The van der Waals surface area contributed by atoms with E-state index in [2.05, 4.69) is 24.8 Å². The normalized spacial score (nSPS) is 31.4. The van der Waals surface area contributed by atoms with Crippen LogP contribution in [0.2, 0.25) is 0 Å². The molecule has 0 unspecified atom stereocenters. The van der Waals surface area contributed by atoms with Crippen LogP contribution in [0.25, 0.3) is 0 Å². The van der Waals surface area contributed by atoms with Gasteiger partial charge in [0.15, 0.2) is 5.78 Å². The lowest BCUT2D eigenvalue weighted by atomic mass is 9.51. The van der Waals surface area contributed by atoms with E-state index in [-0.39, 0.29) is 29.1 Å². The van der Waals surface area contributed by atoms with Gasteiger partial charge in [0, 0.05) is 23.3 Å². The van der Waals surface area contributed by atoms with Gasteiger partial charge in [-0.15, -0.1) is 0 Å². The molecule has 2 saturated carbocycles. The highest BCUT2D eigenvalue weighted by atomic mass is 19.4. The molecule has 4 aliphatic carbocycles. The number of carbonyl (C=O) groups excluding carboxylic acids is 1. The summed E-state index contributed by atoms with van der Waals surface area (Å²) < 4.78 is 46.5. The van der Waals surface area contributed by atoms with E-state index in [1.54, 1.807) is 13.2 Å². The first-order chi connectivity index (χ1) is 19.0. The van der Waals surface area contributed by atoms with Crippen molar-refractivity contribution >= 4 is 5.78 Å². The zero-order valence-electron chi connectivity index (χ0n) is 22.8. The van der Waals surface area contributed by atoms with Crippen LogP contribution in [0.1, 0.15) is 74.5 Å². The Kier molecular flexibility index (Phi) is 6.50. The van der Waals surface area contributed by atoms with E-state index in [1.807, 2.05) is 24.3 Å². The molecule has 0 aromatic heterocycles. The van der Waals surface area contributed by atoms with Crippen LogP contribution in [0.15, 0.2) is 71.3 Å². The van der Waals surface area contributed by atoms with Gasteiger partial charge in [0.1, 0.15) is 11.4 Å². The number of carbonyl (C=O) groups is 1. The predicted molar refractivity (Wildman–Crippen MR) is 147 cm³/mol. The predicted octanol–water partition coefficient (Wildman–Crippen LogP) is 7.40. The van der Waals surface area contributed by atoms with Gasteiger partial charge in [0.25, 0.3) is 0 Å².